The Morgan fingerprint density at radius 2 is 1.92 bits per heavy atom. The molecule has 7 nitrogen and oxygen atoms in total. The molecule has 0 saturated heterocycles. The lowest BCUT2D eigenvalue weighted by Gasteiger charge is -2.17. The summed E-state index contributed by atoms with van der Waals surface area (Å²) in [6.07, 6.45) is 0. The van der Waals surface area contributed by atoms with E-state index in [0.717, 1.165) is 5.56 Å². The fourth-order valence-electron chi connectivity index (χ4n) is 2.04. The molecule has 0 amide bonds. The number of nitro benzene ring substituents is 1. The summed E-state index contributed by atoms with van der Waals surface area (Å²) in [6.45, 7) is 0. The van der Waals surface area contributed by atoms with Crippen molar-refractivity contribution in [3.8, 4) is 0 Å². The fraction of sp³-hybridized carbons (Fsp3) is 0.0714. The first-order valence-corrected chi connectivity index (χ1v) is 9.43. The lowest BCUT2D eigenvalue weighted by Crippen LogP contribution is -2.19. The van der Waals surface area contributed by atoms with Gasteiger partial charge < -0.3 is 5.32 Å². The van der Waals surface area contributed by atoms with E-state index in [2.05, 4.69) is 9.71 Å². The molecule has 0 aliphatic carbocycles. The van der Waals surface area contributed by atoms with Crippen LogP contribution in [-0.4, -0.2) is 18.5 Å². The van der Waals surface area contributed by atoms with E-state index >= 15 is 0 Å². The third kappa shape index (κ3) is 3.53. The highest BCUT2D eigenvalue weighted by Crippen LogP contribution is 2.32. The number of nitrogens with one attached hydrogen (secondary N) is 1. The predicted molar refractivity (Wildman–Crippen MR) is 94.1 cm³/mol. The lowest BCUT2D eigenvalue weighted by molar-refractivity contribution is -0.384. The molecule has 0 spiro atoms. The number of anilines is 1. The van der Waals surface area contributed by atoms with Crippen molar-refractivity contribution in [3.63, 3.8) is 0 Å². The smallest absolute Gasteiger partial charge is 0.286 e. The Bertz CT molecular complexity index is 943. The molecule has 0 bridgehead atoms. The highest BCUT2D eigenvalue weighted by Gasteiger charge is 2.25. The van der Waals surface area contributed by atoms with Crippen LogP contribution in [0.3, 0.4) is 0 Å². The zero-order valence-corrected chi connectivity index (χ0v) is 14.4. The van der Waals surface area contributed by atoms with E-state index in [1.165, 1.54) is 30.0 Å². The Morgan fingerprint density at radius 3 is 2.58 bits per heavy atom. The molecule has 2 aromatic rings. The Morgan fingerprint density at radius 1 is 1.21 bits per heavy atom. The van der Waals surface area contributed by atoms with Gasteiger partial charge in [0.2, 0.25) is 0 Å². The molecule has 2 aromatic carbocycles. The van der Waals surface area contributed by atoms with Crippen molar-refractivity contribution in [2.75, 3.05) is 5.32 Å². The third-order valence-electron chi connectivity index (χ3n) is 3.19. The SMILES string of the molecule is O=[N+]([O-])c1ccc(CSC2=NS(=O)(=O)c3cc(Cl)ccc3N2)cc1. The maximum atomic E-state index is 12.2. The van der Waals surface area contributed by atoms with E-state index in [4.69, 9.17) is 11.6 Å². The van der Waals surface area contributed by atoms with Crippen molar-refractivity contribution >= 4 is 49.9 Å². The van der Waals surface area contributed by atoms with Crippen LogP contribution < -0.4 is 5.32 Å². The van der Waals surface area contributed by atoms with Crippen LogP contribution in [0.15, 0.2) is 51.8 Å². The molecule has 0 radical (unpaired) electrons. The molecule has 3 rings (SSSR count). The first-order chi connectivity index (χ1) is 11.3. The number of rotatable bonds is 3. The molecule has 0 unspecified atom stereocenters. The maximum absolute atomic E-state index is 12.2. The third-order valence-corrected chi connectivity index (χ3v) is 5.80. The van der Waals surface area contributed by atoms with Gasteiger partial charge in [0.15, 0.2) is 5.17 Å². The minimum Gasteiger partial charge on any atom is -0.333 e. The van der Waals surface area contributed by atoms with Gasteiger partial charge >= 0.3 is 0 Å². The number of hydrogen-bond acceptors (Lipinski definition) is 6. The number of hydrogen-bond donors (Lipinski definition) is 1. The largest absolute Gasteiger partial charge is 0.333 e. The molecule has 0 aromatic heterocycles. The molecule has 1 aliphatic heterocycles. The van der Waals surface area contributed by atoms with E-state index in [1.807, 2.05) is 0 Å². The zero-order valence-electron chi connectivity index (χ0n) is 12.0. The summed E-state index contributed by atoms with van der Waals surface area (Å²) >= 11 is 7.01. The minimum absolute atomic E-state index is 0.00488. The minimum atomic E-state index is -3.81. The molecule has 24 heavy (non-hydrogen) atoms. The van der Waals surface area contributed by atoms with Crippen molar-refractivity contribution in [3.05, 3.63) is 63.2 Å². The van der Waals surface area contributed by atoms with Crippen LogP contribution >= 0.6 is 23.4 Å². The number of thioether (sulfide) groups is 1. The van der Waals surface area contributed by atoms with Crippen molar-refractivity contribution in [1.82, 2.24) is 0 Å². The predicted octanol–water partition coefficient (Wildman–Crippen LogP) is 3.65. The second-order valence-corrected chi connectivity index (χ2v) is 7.82. The zero-order chi connectivity index (χ0) is 17.3. The Labute approximate surface area is 146 Å². The van der Waals surface area contributed by atoms with Crippen LogP contribution in [0.2, 0.25) is 5.02 Å². The van der Waals surface area contributed by atoms with Gasteiger partial charge in [0.05, 0.1) is 10.6 Å². The molecule has 0 saturated carbocycles. The molecule has 10 heteroatoms. The van der Waals surface area contributed by atoms with Gasteiger partial charge in [-0.15, -0.1) is 4.40 Å². The number of benzene rings is 2. The molecule has 124 valence electrons. The van der Waals surface area contributed by atoms with Gasteiger partial charge in [-0.25, -0.2) is 0 Å². The van der Waals surface area contributed by atoms with E-state index in [1.54, 1.807) is 24.3 Å². The Balaban J connectivity index is 1.76. The summed E-state index contributed by atoms with van der Waals surface area (Å²) in [6, 6.07) is 10.6. The number of fused-ring (bicyclic) bond motifs is 1. The van der Waals surface area contributed by atoms with Gasteiger partial charge in [-0.2, -0.15) is 8.42 Å². The van der Waals surface area contributed by atoms with Gasteiger partial charge in [0.25, 0.3) is 15.7 Å². The van der Waals surface area contributed by atoms with Crippen LogP contribution in [-0.2, 0) is 15.8 Å². The molecule has 0 fully saturated rings. The molecule has 0 atom stereocenters. The number of sulfonamides is 1. The second kappa shape index (κ2) is 6.42. The summed E-state index contributed by atoms with van der Waals surface area (Å²) in [4.78, 5) is 10.2. The highest BCUT2D eigenvalue weighted by molar-refractivity contribution is 8.14. The van der Waals surface area contributed by atoms with Crippen molar-refractivity contribution in [2.24, 2.45) is 4.40 Å². The summed E-state index contributed by atoms with van der Waals surface area (Å²) in [7, 11) is -3.81. The number of nitrogens with zero attached hydrogens (tertiary/aromatic N) is 2. The summed E-state index contributed by atoms with van der Waals surface area (Å²) in [5.41, 5.74) is 1.24. The van der Waals surface area contributed by atoms with Crippen LogP contribution in [0.4, 0.5) is 11.4 Å². The number of nitro groups is 1. The Hall–Kier alpha value is -2.10. The summed E-state index contributed by atoms with van der Waals surface area (Å²) < 4.78 is 28.1. The molecule has 1 heterocycles. The number of amidine groups is 1. The average molecular weight is 384 g/mol. The van der Waals surface area contributed by atoms with Crippen LogP contribution in [0.25, 0.3) is 0 Å². The van der Waals surface area contributed by atoms with Gasteiger partial charge in [0.1, 0.15) is 4.90 Å². The van der Waals surface area contributed by atoms with Crippen LogP contribution in [0.5, 0.6) is 0 Å². The molecule has 1 aliphatic rings. The molecular weight excluding hydrogens is 374 g/mol. The normalized spacial score (nSPS) is 15.1. The second-order valence-electron chi connectivity index (χ2n) is 4.85. The van der Waals surface area contributed by atoms with E-state index in [0.29, 0.717) is 16.5 Å². The topological polar surface area (TPSA) is 102 Å². The van der Waals surface area contributed by atoms with Crippen molar-refractivity contribution in [1.29, 1.82) is 0 Å². The van der Waals surface area contributed by atoms with E-state index in [-0.39, 0.29) is 15.8 Å². The number of halogens is 1. The van der Waals surface area contributed by atoms with E-state index in [9.17, 15) is 18.5 Å². The van der Waals surface area contributed by atoms with Crippen LogP contribution in [0, 0.1) is 10.1 Å². The van der Waals surface area contributed by atoms with Gasteiger partial charge in [0, 0.05) is 22.9 Å². The first-order valence-electron chi connectivity index (χ1n) is 6.63. The van der Waals surface area contributed by atoms with E-state index < -0.39 is 14.9 Å². The quantitative estimate of drug-likeness (QED) is 0.641. The Kier molecular flexibility index (Phi) is 4.48. The van der Waals surface area contributed by atoms with Crippen molar-refractivity contribution < 1.29 is 13.3 Å². The van der Waals surface area contributed by atoms with Gasteiger partial charge in [-0.05, 0) is 23.8 Å². The number of non-ortho nitro benzene ring substituents is 1. The summed E-state index contributed by atoms with van der Waals surface area (Å²) in [5, 5.41) is 14.1. The highest BCUT2D eigenvalue weighted by atomic mass is 35.5. The van der Waals surface area contributed by atoms with Gasteiger partial charge in [-0.1, -0.05) is 35.5 Å². The maximum Gasteiger partial charge on any atom is 0.286 e. The average Bonchev–Trinajstić information content (AvgIpc) is 2.53. The molecule has 1 N–H and O–H groups in total. The van der Waals surface area contributed by atoms with Gasteiger partial charge in [-0.3, -0.25) is 10.1 Å². The fourth-order valence-corrected chi connectivity index (χ4v) is 4.49. The molecular formula is C14H10ClN3O4S2. The van der Waals surface area contributed by atoms with Crippen LogP contribution in [0.1, 0.15) is 5.56 Å². The van der Waals surface area contributed by atoms with Crippen molar-refractivity contribution in [2.45, 2.75) is 10.6 Å². The monoisotopic (exact) mass is 383 g/mol. The summed E-state index contributed by atoms with van der Waals surface area (Å²) in [5.74, 6) is 0.419. The standard InChI is InChI=1S/C14H10ClN3O4S2/c15-10-3-6-12-13(7-10)24(21,22)17-14(16-12)23-8-9-1-4-11(5-2-9)18(19)20/h1-7H,8H2,(H,16,17). The first kappa shape index (κ1) is 16.7. The lowest BCUT2D eigenvalue weighted by atomic mass is 10.2.